The van der Waals surface area contributed by atoms with Crippen molar-refractivity contribution in [1.29, 1.82) is 0 Å². The topological polar surface area (TPSA) is 56.8 Å². The second kappa shape index (κ2) is 9.20. The Hall–Kier alpha value is -1.75. The number of carbonyl (C=O) groups is 1. The molecule has 1 aromatic carbocycles. The zero-order valence-corrected chi connectivity index (χ0v) is 12.4. The van der Waals surface area contributed by atoms with Gasteiger partial charge in [-0.05, 0) is 19.5 Å². The van der Waals surface area contributed by atoms with Gasteiger partial charge in [-0.15, -0.1) is 0 Å². The van der Waals surface area contributed by atoms with Crippen LogP contribution in [0.15, 0.2) is 18.2 Å². The third-order valence-corrected chi connectivity index (χ3v) is 2.74. The highest BCUT2D eigenvalue weighted by atomic mass is 16.6. The van der Waals surface area contributed by atoms with Crippen LogP contribution >= 0.6 is 0 Å². The van der Waals surface area contributed by atoms with Crippen molar-refractivity contribution in [2.45, 2.75) is 26.3 Å². The van der Waals surface area contributed by atoms with E-state index in [1.807, 2.05) is 26.1 Å². The van der Waals surface area contributed by atoms with E-state index in [0.29, 0.717) is 24.7 Å². The molecule has 0 saturated carbocycles. The average molecular weight is 281 g/mol. The molecule has 0 atom stereocenters. The maximum absolute atomic E-state index is 11.6. The molecule has 0 aliphatic rings. The Morgan fingerprint density at radius 1 is 1.35 bits per heavy atom. The number of carbonyl (C=O) groups excluding carboxylic acids is 1. The van der Waals surface area contributed by atoms with Crippen molar-refractivity contribution in [2.75, 3.05) is 27.4 Å². The first-order valence-electron chi connectivity index (χ1n) is 6.81. The van der Waals surface area contributed by atoms with E-state index in [-0.39, 0.29) is 12.6 Å². The maximum Gasteiger partial charge on any atom is 0.344 e. The molecule has 0 aromatic heterocycles. The lowest BCUT2D eigenvalue weighted by molar-refractivity contribution is -0.146. The minimum absolute atomic E-state index is 0.110. The van der Waals surface area contributed by atoms with Gasteiger partial charge in [0.05, 0.1) is 13.7 Å². The predicted molar refractivity (Wildman–Crippen MR) is 77.1 cm³/mol. The van der Waals surface area contributed by atoms with Gasteiger partial charge in [-0.1, -0.05) is 25.5 Å². The number of esters is 1. The molecule has 1 rings (SSSR count). The van der Waals surface area contributed by atoms with Crippen molar-refractivity contribution in [3.05, 3.63) is 23.8 Å². The second-order valence-electron chi connectivity index (χ2n) is 4.34. The van der Waals surface area contributed by atoms with Crippen molar-refractivity contribution in [3.63, 3.8) is 0 Å². The highest BCUT2D eigenvalue weighted by Gasteiger charge is 2.12. The fourth-order valence-corrected chi connectivity index (χ4v) is 1.72. The van der Waals surface area contributed by atoms with Gasteiger partial charge in [-0.3, -0.25) is 0 Å². The molecule has 5 nitrogen and oxygen atoms in total. The number of rotatable bonds is 9. The molecule has 0 aliphatic heterocycles. The average Bonchev–Trinajstić information content (AvgIpc) is 2.46. The van der Waals surface area contributed by atoms with Crippen LogP contribution in [0.1, 0.15) is 25.3 Å². The standard InChI is InChI=1S/C15H23NO4/c1-4-5-9-19-14(17)11-20-15-12(10-16-2)7-6-8-13(15)18-3/h6-8,16H,4-5,9-11H2,1-3H3. The minimum atomic E-state index is -0.361. The third kappa shape index (κ3) is 5.09. The Balaban J connectivity index is 2.63. The summed E-state index contributed by atoms with van der Waals surface area (Å²) in [7, 11) is 3.42. The molecular formula is C15H23NO4. The first-order valence-corrected chi connectivity index (χ1v) is 6.81. The van der Waals surface area contributed by atoms with Gasteiger partial charge in [0.2, 0.25) is 0 Å². The molecule has 0 fully saturated rings. The molecule has 1 aromatic rings. The summed E-state index contributed by atoms with van der Waals surface area (Å²) in [5, 5.41) is 3.05. The van der Waals surface area contributed by atoms with E-state index < -0.39 is 0 Å². The largest absolute Gasteiger partial charge is 0.493 e. The summed E-state index contributed by atoms with van der Waals surface area (Å²) in [5.41, 5.74) is 0.938. The van der Waals surface area contributed by atoms with Gasteiger partial charge in [0.15, 0.2) is 18.1 Å². The van der Waals surface area contributed by atoms with Crippen molar-refractivity contribution in [2.24, 2.45) is 0 Å². The summed E-state index contributed by atoms with van der Waals surface area (Å²) >= 11 is 0. The first kappa shape index (κ1) is 16.3. The highest BCUT2D eigenvalue weighted by molar-refractivity contribution is 5.71. The molecule has 0 aliphatic carbocycles. The van der Waals surface area contributed by atoms with Crippen LogP contribution in [0.4, 0.5) is 0 Å². The molecular weight excluding hydrogens is 258 g/mol. The van der Waals surface area contributed by atoms with Crippen LogP contribution in [0, 0.1) is 0 Å². The van der Waals surface area contributed by atoms with Crippen LogP contribution in [-0.4, -0.2) is 33.3 Å². The first-order chi connectivity index (χ1) is 9.72. The SMILES string of the molecule is CCCCOC(=O)COc1c(CNC)cccc1OC. The van der Waals surface area contributed by atoms with Crippen molar-refractivity contribution in [3.8, 4) is 11.5 Å². The minimum Gasteiger partial charge on any atom is -0.493 e. The van der Waals surface area contributed by atoms with Gasteiger partial charge in [0.25, 0.3) is 0 Å². The number of benzene rings is 1. The Labute approximate surface area is 120 Å². The van der Waals surface area contributed by atoms with Crippen molar-refractivity contribution in [1.82, 2.24) is 5.32 Å². The summed E-state index contributed by atoms with van der Waals surface area (Å²) in [6.07, 6.45) is 1.86. The van der Waals surface area contributed by atoms with E-state index in [9.17, 15) is 4.79 Å². The molecule has 0 heterocycles. The van der Waals surface area contributed by atoms with E-state index in [1.54, 1.807) is 13.2 Å². The number of hydrogen-bond acceptors (Lipinski definition) is 5. The third-order valence-electron chi connectivity index (χ3n) is 2.74. The van der Waals surface area contributed by atoms with Gasteiger partial charge in [0, 0.05) is 12.1 Å². The van der Waals surface area contributed by atoms with Gasteiger partial charge in [0.1, 0.15) is 0 Å². The molecule has 1 N–H and O–H groups in total. The fraction of sp³-hybridized carbons (Fsp3) is 0.533. The zero-order valence-electron chi connectivity index (χ0n) is 12.4. The van der Waals surface area contributed by atoms with E-state index in [0.717, 1.165) is 18.4 Å². The molecule has 0 radical (unpaired) electrons. The Kier molecular flexibility index (Phi) is 7.50. The van der Waals surface area contributed by atoms with Gasteiger partial charge in [-0.25, -0.2) is 4.79 Å². The predicted octanol–water partition coefficient (Wildman–Crippen LogP) is 2.14. The lowest BCUT2D eigenvalue weighted by Gasteiger charge is -2.14. The molecule has 0 saturated heterocycles. The number of ether oxygens (including phenoxy) is 3. The lowest BCUT2D eigenvalue weighted by Crippen LogP contribution is -2.17. The van der Waals surface area contributed by atoms with Crippen LogP contribution in [0.5, 0.6) is 11.5 Å². The maximum atomic E-state index is 11.6. The highest BCUT2D eigenvalue weighted by Crippen LogP contribution is 2.30. The van der Waals surface area contributed by atoms with Crippen LogP contribution in [0.2, 0.25) is 0 Å². The summed E-state index contributed by atoms with van der Waals surface area (Å²) in [6.45, 7) is 3.01. The number of unbranched alkanes of at least 4 members (excludes halogenated alkanes) is 1. The van der Waals surface area contributed by atoms with Crippen molar-refractivity contribution < 1.29 is 19.0 Å². The molecule has 0 unspecified atom stereocenters. The van der Waals surface area contributed by atoms with Crippen LogP contribution < -0.4 is 14.8 Å². The van der Waals surface area contributed by atoms with E-state index in [1.165, 1.54) is 0 Å². The summed E-state index contributed by atoms with van der Waals surface area (Å²) < 4.78 is 15.9. The van der Waals surface area contributed by atoms with Gasteiger partial charge in [-0.2, -0.15) is 0 Å². The zero-order chi connectivity index (χ0) is 14.8. The second-order valence-corrected chi connectivity index (χ2v) is 4.34. The van der Waals surface area contributed by atoms with E-state index >= 15 is 0 Å². The molecule has 20 heavy (non-hydrogen) atoms. The number of hydrogen-bond donors (Lipinski definition) is 1. The van der Waals surface area contributed by atoms with Crippen LogP contribution in [0.25, 0.3) is 0 Å². The molecule has 112 valence electrons. The van der Waals surface area contributed by atoms with E-state index in [4.69, 9.17) is 14.2 Å². The van der Waals surface area contributed by atoms with Gasteiger partial charge >= 0.3 is 5.97 Å². The number of nitrogens with one attached hydrogen (secondary N) is 1. The molecule has 5 heteroatoms. The van der Waals surface area contributed by atoms with Gasteiger partial charge < -0.3 is 19.5 Å². The smallest absolute Gasteiger partial charge is 0.344 e. The summed E-state index contributed by atoms with van der Waals surface area (Å²) in [5.74, 6) is 0.829. The fourth-order valence-electron chi connectivity index (χ4n) is 1.72. The Morgan fingerprint density at radius 2 is 2.15 bits per heavy atom. The Bertz CT molecular complexity index is 420. The Morgan fingerprint density at radius 3 is 2.80 bits per heavy atom. The van der Waals surface area contributed by atoms with Crippen LogP contribution in [-0.2, 0) is 16.1 Å². The summed E-state index contributed by atoms with van der Waals surface area (Å²) in [6, 6.07) is 5.62. The molecule has 0 spiro atoms. The number of methoxy groups -OCH3 is 1. The van der Waals surface area contributed by atoms with Crippen LogP contribution in [0.3, 0.4) is 0 Å². The lowest BCUT2D eigenvalue weighted by atomic mass is 10.2. The molecule has 0 amide bonds. The normalized spacial score (nSPS) is 10.2. The monoisotopic (exact) mass is 281 g/mol. The van der Waals surface area contributed by atoms with E-state index in [2.05, 4.69) is 5.32 Å². The number of para-hydroxylation sites is 1. The van der Waals surface area contributed by atoms with Crippen molar-refractivity contribution >= 4 is 5.97 Å². The summed E-state index contributed by atoms with van der Waals surface area (Å²) in [4.78, 5) is 11.6. The quantitative estimate of drug-likeness (QED) is 0.555. The molecule has 0 bridgehead atoms.